The molecule has 6 rings (SSSR count). The number of hydrogen-bond donors (Lipinski definition) is 3. The van der Waals surface area contributed by atoms with Crippen LogP contribution in [0.1, 0.15) is 50.4 Å². The topological polar surface area (TPSA) is 135 Å². The maximum atomic E-state index is 12.6. The molecule has 0 bridgehead atoms. The summed E-state index contributed by atoms with van der Waals surface area (Å²) in [5.41, 5.74) is 2.25. The summed E-state index contributed by atoms with van der Waals surface area (Å²) in [7, 11) is 0. The molecule has 0 saturated carbocycles. The molecule has 0 atom stereocenters. The molecule has 2 aliphatic heterocycles. The third-order valence-corrected chi connectivity index (χ3v) is 7.02. The largest absolute Gasteiger partial charge is 0.434 e. The Hall–Kier alpha value is -4.52. The Morgan fingerprint density at radius 2 is 1.52 bits per heavy atom. The first-order valence-electron chi connectivity index (χ1n) is 12.2. The fourth-order valence-corrected chi connectivity index (χ4v) is 4.51. The second-order valence-electron chi connectivity index (χ2n) is 10.5. The van der Waals surface area contributed by atoms with Crippen molar-refractivity contribution in [1.29, 1.82) is 0 Å². The molecular formula is C27H25F3N6O4. The smallest absolute Gasteiger partial charge is 0.418 e. The van der Waals surface area contributed by atoms with Crippen molar-refractivity contribution in [3.8, 4) is 17.1 Å². The maximum Gasteiger partial charge on any atom is 0.434 e. The summed E-state index contributed by atoms with van der Waals surface area (Å²) in [6.07, 6.45) is -2.45. The van der Waals surface area contributed by atoms with Crippen LogP contribution in [0.4, 0.5) is 24.5 Å². The van der Waals surface area contributed by atoms with Crippen LogP contribution in [0.5, 0.6) is 0 Å². The molecule has 13 heteroatoms. The van der Waals surface area contributed by atoms with Gasteiger partial charge in [-0.1, -0.05) is 12.1 Å². The van der Waals surface area contributed by atoms with E-state index >= 15 is 0 Å². The first kappa shape index (κ1) is 27.1. The van der Waals surface area contributed by atoms with Crippen LogP contribution in [0, 0.1) is 0 Å². The van der Waals surface area contributed by atoms with Crippen molar-refractivity contribution in [1.82, 2.24) is 19.7 Å². The molecule has 10 nitrogen and oxygen atoms in total. The average molecular weight is 555 g/mol. The number of benzene rings is 2. The molecule has 2 amide bonds. The van der Waals surface area contributed by atoms with E-state index in [-0.39, 0.29) is 24.3 Å². The van der Waals surface area contributed by atoms with Gasteiger partial charge in [0.15, 0.2) is 5.69 Å². The molecule has 3 N–H and O–H groups in total. The second kappa shape index (κ2) is 9.30. The van der Waals surface area contributed by atoms with Gasteiger partial charge in [0.2, 0.25) is 23.6 Å². The number of halogens is 3. The monoisotopic (exact) mass is 554 g/mol. The van der Waals surface area contributed by atoms with Crippen LogP contribution >= 0.6 is 0 Å². The molecular weight excluding hydrogens is 529 g/mol. The summed E-state index contributed by atoms with van der Waals surface area (Å²) in [6, 6.07) is 10.6. The van der Waals surface area contributed by atoms with Crippen molar-refractivity contribution in [3.63, 3.8) is 0 Å². The molecule has 4 aromatic rings. The fraction of sp³-hybridized carbons (Fsp3) is 0.296. The SMILES string of the molecule is CC1(C)C(=O)Nc2cc(-c3nnc(CO)o3)ccc21.CC1(C)C(=O)Nc2cc(-n3cnc(C(F)(F)F)c3)ccc21. The Labute approximate surface area is 226 Å². The van der Waals surface area contributed by atoms with Gasteiger partial charge in [0.1, 0.15) is 6.61 Å². The van der Waals surface area contributed by atoms with Crippen LogP contribution in [0.3, 0.4) is 0 Å². The molecule has 0 saturated heterocycles. The van der Waals surface area contributed by atoms with Crippen LogP contribution in [0.15, 0.2) is 53.3 Å². The molecule has 0 fully saturated rings. The number of rotatable bonds is 3. The molecule has 40 heavy (non-hydrogen) atoms. The summed E-state index contributed by atoms with van der Waals surface area (Å²) < 4.78 is 44.2. The number of aliphatic hydroxyl groups is 1. The van der Waals surface area contributed by atoms with Gasteiger partial charge in [0, 0.05) is 28.8 Å². The molecule has 2 aliphatic rings. The lowest BCUT2D eigenvalue weighted by Crippen LogP contribution is -2.26. The zero-order valence-corrected chi connectivity index (χ0v) is 21.9. The molecule has 0 unspecified atom stereocenters. The highest BCUT2D eigenvalue weighted by Gasteiger charge is 2.39. The lowest BCUT2D eigenvalue weighted by atomic mass is 9.86. The highest BCUT2D eigenvalue weighted by Crippen LogP contribution is 2.40. The third kappa shape index (κ3) is 4.62. The standard InChI is InChI=1S/C14H12F3N3O.C13H13N3O3/c1-13(2)9-4-3-8(5-10(9)19-12(13)21)20-6-11(18-7-20)14(15,16)17;1-13(2)8-4-3-7(5-9(8)14-12(13)18)11-16-15-10(6-17)19-11/h3-7H,1-2H3,(H,19,21);3-5,17H,6H2,1-2H3,(H,14,18). The van der Waals surface area contributed by atoms with Gasteiger partial charge in [-0.3, -0.25) is 9.59 Å². The zero-order chi connectivity index (χ0) is 29.0. The number of nitrogens with one attached hydrogen (secondary N) is 2. The van der Waals surface area contributed by atoms with Crippen molar-refractivity contribution in [3.05, 3.63) is 71.6 Å². The summed E-state index contributed by atoms with van der Waals surface area (Å²) in [4.78, 5) is 27.1. The predicted octanol–water partition coefficient (Wildman–Crippen LogP) is 4.58. The maximum absolute atomic E-state index is 12.6. The van der Waals surface area contributed by atoms with E-state index < -0.39 is 22.7 Å². The average Bonchev–Trinajstić information content (AvgIpc) is 3.66. The number of anilines is 2. The van der Waals surface area contributed by atoms with E-state index in [0.717, 1.165) is 29.3 Å². The Morgan fingerprint density at radius 1 is 0.925 bits per heavy atom. The van der Waals surface area contributed by atoms with Crippen LogP contribution < -0.4 is 10.6 Å². The Balaban J connectivity index is 0.000000162. The normalized spacial score (nSPS) is 16.5. The number of carbonyl (C=O) groups excluding carboxylic acids is 2. The van der Waals surface area contributed by atoms with E-state index in [1.807, 2.05) is 26.0 Å². The first-order chi connectivity index (χ1) is 18.7. The minimum atomic E-state index is -4.47. The van der Waals surface area contributed by atoms with E-state index in [0.29, 0.717) is 22.8 Å². The number of imidazole rings is 1. The molecule has 0 spiro atoms. The van der Waals surface area contributed by atoms with Gasteiger partial charge in [-0.15, -0.1) is 10.2 Å². The minimum Gasteiger partial charge on any atom is -0.418 e. The molecule has 0 aliphatic carbocycles. The first-order valence-corrected chi connectivity index (χ1v) is 12.2. The summed E-state index contributed by atoms with van der Waals surface area (Å²) in [5.74, 6) is 0.336. The van der Waals surface area contributed by atoms with Crippen LogP contribution in [0.25, 0.3) is 17.1 Å². The van der Waals surface area contributed by atoms with Crippen LogP contribution in [-0.2, 0) is 33.2 Å². The van der Waals surface area contributed by atoms with Crippen molar-refractivity contribution in [2.45, 2.75) is 51.3 Å². The van der Waals surface area contributed by atoms with Gasteiger partial charge < -0.3 is 24.7 Å². The van der Waals surface area contributed by atoms with Crippen molar-refractivity contribution in [2.75, 3.05) is 10.6 Å². The Bertz CT molecular complexity index is 1640. The van der Waals surface area contributed by atoms with Gasteiger partial charge in [-0.2, -0.15) is 13.2 Å². The number of carbonyl (C=O) groups is 2. The number of hydrogen-bond acceptors (Lipinski definition) is 7. The third-order valence-electron chi connectivity index (χ3n) is 7.02. The van der Waals surface area contributed by atoms with Gasteiger partial charge in [0.25, 0.3) is 0 Å². The van der Waals surface area contributed by atoms with E-state index in [1.165, 1.54) is 4.57 Å². The Kier molecular flexibility index (Phi) is 6.29. The molecule has 2 aromatic heterocycles. The fourth-order valence-electron chi connectivity index (χ4n) is 4.51. The van der Waals surface area contributed by atoms with E-state index in [9.17, 15) is 22.8 Å². The van der Waals surface area contributed by atoms with Gasteiger partial charge in [-0.25, -0.2) is 4.98 Å². The van der Waals surface area contributed by atoms with E-state index in [4.69, 9.17) is 9.52 Å². The van der Waals surface area contributed by atoms with Crippen molar-refractivity contribution < 1.29 is 32.3 Å². The molecule has 0 radical (unpaired) electrons. The van der Waals surface area contributed by atoms with Gasteiger partial charge in [-0.05, 0) is 63.1 Å². The van der Waals surface area contributed by atoms with Crippen molar-refractivity contribution in [2.24, 2.45) is 0 Å². The van der Waals surface area contributed by atoms with Crippen LogP contribution in [0.2, 0.25) is 0 Å². The quantitative estimate of drug-likeness (QED) is 0.337. The van der Waals surface area contributed by atoms with E-state index in [2.05, 4.69) is 25.8 Å². The summed E-state index contributed by atoms with van der Waals surface area (Å²) in [6.45, 7) is 7.07. The van der Waals surface area contributed by atoms with E-state index in [1.54, 1.807) is 38.1 Å². The lowest BCUT2D eigenvalue weighted by molar-refractivity contribution is -0.141. The highest BCUT2D eigenvalue weighted by atomic mass is 19.4. The summed E-state index contributed by atoms with van der Waals surface area (Å²) in [5, 5.41) is 22.0. The number of alkyl halides is 3. The number of fused-ring (bicyclic) bond motifs is 2. The number of aromatic nitrogens is 4. The number of aliphatic hydroxyl groups excluding tert-OH is 1. The van der Waals surface area contributed by atoms with Gasteiger partial charge >= 0.3 is 6.18 Å². The second-order valence-corrected chi connectivity index (χ2v) is 10.5. The molecule has 2 aromatic carbocycles. The minimum absolute atomic E-state index is 0.0266. The van der Waals surface area contributed by atoms with Crippen LogP contribution in [-0.4, -0.2) is 36.7 Å². The number of nitrogens with zero attached hydrogens (tertiary/aromatic N) is 4. The highest BCUT2D eigenvalue weighted by molar-refractivity contribution is 6.06. The van der Waals surface area contributed by atoms with Crippen molar-refractivity contribution >= 4 is 23.2 Å². The summed E-state index contributed by atoms with van der Waals surface area (Å²) >= 11 is 0. The van der Waals surface area contributed by atoms with Gasteiger partial charge in [0.05, 0.1) is 17.2 Å². The predicted molar refractivity (Wildman–Crippen MR) is 138 cm³/mol. The Morgan fingerprint density at radius 3 is 2.08 bits per heavy atom. The lowest BCUT2D eigenvalue weighted by Gasteiger charge is -2.15. The molecule has 208 valence electrons. The number of amides is 2. The molecule has 4 heterocycles. The zero-order valence-electron chi connectivity index (χ0n) is 21.9.